The van der Waals surface area contributed by atoms with E-state index >= 15 is 0 Å². The van der Waals surface area contributed by atoms with Crippen LogP contribution in [0.1, 0.15) is 12.8 Å². The van der Waals surface area contributed by atoms with Crippen molar-refractivity contribution in [1.82, 2.24) is 5.32 Å². The van der Waals surface area contributed by atoms with Crippen LogP contribution in [0.4, 0.5) is 5.69 Å². The van der Waals surface area contributed by atoms with E-state index in [1.165, 1.54) is 0 Å². The Morgan fingerprint density at radius 1 is 1.38 bits per heavy atom. The van der Waals surface area contributed by atoms with Gasteiger partial charge in [0.2, 0.25) is 11.8 Å². The van der Waals surface area contributed by atoms with Gasteiger partial charge in [-0.2, -0.15) is 0 Å². The van der Waals surface area contributed by atoms with E-state index in [9.17, 15) is 14.7 Å². The summed E-state index contributed by atoms with van der Waals surface area (Å²) in [6.45, 7) is 0.662. The quantitative estimate of drug-likeness (QED) is 0.570. The molecular formula is C14H19N3O4. The second-order valence-electron chi connectivity index (χ2n) is 4.93. The fraction of sp³-hybridized carbons (Fsp3) is 0.429. The molecule has 1 heterocycles. The lowest BCUT2D eigenvalue weighted by Gasteiger charge is -2.11. The third-order valence-electron chi connectivity index (χ3n) is 3.16. The Hall–Kier alpha value is -2.12. The van der Waals surface area contributed by atoms with Gasteiger partial charge >= 0.3 is 0 Å². The zero-order valence-electron chi connectivity index (χ0n) is 11.5. The summed E-state index contributed by atoms with van der Waals surface area (Å²) in [5.74, 6) is 0.0164. The number of anilines is 1. The molecule has 0 bridgehead atoms. The van der Waals surface area contributed by atoms with Gasteiger partial charge in [0.25, 0.3) is 0 Å². The number of nitrogens with two attached hydrogens (primary N) is 1. The number of aliphatic hydroxyl groups excluding tert-OH is 1. The highest BCUT2D eigenvalue weighted by atomic mass is 16.5. The number of ether oxygens (including phenoxy) is 1. The first-order valence-electron chi connectivity index (χ1n) is 6.78. The SMILES string of the molecule is NC(=O)CCOc1ccc(NC(=O)C2CC(O)CN2)cc1. The van der Waals surface area contributed by atoms with Gasteiger partial charge in [0.1, 0.15) is 5.75 Å². The second-order valence-corrected chi connectivity index (χ2v) is 4.93. The van der Waals surface area contributed by atoms with Crippen molar-refractivity contribution in [1.29, 1.82) is 0 Å². The van der Waals surface area contributed by atoms with Gasteiger partial charge in [-0.1, -0.05) is 0 Å². The largest absolute Gasteiger partial charge is 0.493 e. The molecule has 1 aromatic rings. The zero-order valence-corrected chi connectivity index (χ0v) is 11.5. The van der Waals surface area contributed by atoms with Crippen LogP contribution in [0.2, 0.25) is 0 Å². The number of hydrogen-bond acceptors (Lipinski definition) is 5. The number of carbonyl (C=O) groups is 2. The van der Waals surface area contributed by atoms with Crippen molar-refractivity contribution < 1.29 is 19.4 Å². The minimum absolute atomic E-state index is 0.161. The minimum atomic E-state index is -0.471. The van der Waals surface area contributed by atoms with E-state index in [1.54, 1.807) is 24.3 Å². The molecule has 2 unspecified atom stereocenters. The van der Waals surface area contributed by atoms with Crippen molar-refractivity contribution in [2.45, 2.75) is 25.0 Å². The third-order valence-corrected chi connectivity index (χ3v) is 3.16. The molecule has 0 radical (unpaired) electrons. The maximum atomic E-state index is 11.9. The fourth-order valence-corrected chi connectivity index (χ4v) is 2.05. The number of benzene rings is 1. The lowest BCUT2D eigenvalue weighted by atomic mass is 10.2. The predicted molar refractivity (Wildman–Crippen MR) is 76.8 cm³/mol. The molecule has 1 saturated heterocycles. The van der Waals surface area contributed by atoms with E-state index in [0.717, 1.165) is 0 Å². The van der Waals surface area contributed by atoms with Gasteiger partial charge in [0, 0.05) is 12.2 Å². The molecule has 1 aromatic carbocycles. The van der Waals surface area contributed by atoms with Crippen LogP contribution in [0.25, 0.3) is 0 Å². The van der Waals surface area contributed by atoms with E-state index < -0.39 is 12.0 Å². The van der Waals surface area contributed by atoms with Gasteiger partial charge in [-0.25, -0.2) is 0 Å². The van der Waals surface area contributed by atoms with Crippen LogP contribution >= 0.6 is 0 Å². The molecule has 2 rings (SSSR count). The number of carbonyl (C=O) groups excluding carboxylic acids is 2. The topological polar surface area (TPSA) is 114 Å². The summed E-state index contributed by atoms with van der Waals surface area (Å²) in [6.07, 6.45) is 0.107. The Kier molecular flexibility index (Phi) is 5.13. The van der Waals surface area contributed by atoms with Crippen LogP contribution in [0.3, 0.4) is 0 Å². The zero-order chi connectivity index (χ0) is 15.2. The Morgan fingerprint density at radius 3 is 2.67 bits per heavy atom. The highest BCUT2D eigenvalue weighted by Gasteiger charge is 2.27. The van der Waals surface area contributed by atoms with Crippen LogP contribution in [0.15, 0.2) is 24.3 Å². The Bertz CT molecular complexity index is 503. The van der Waals surface area contributed by atoms with E-state index in [2.05, 4.69) is 10.6 Å². The molecule has 0 aromatic heterocycles. The monoisotopic (exact) mass is 293 g/mol. The summed E-state index contributed by atoms with van der Waals surface area (Å²) in [5, 5.41) is 15.1. The molecule has 7 heteroatoms. The molecule has 5 N–H and O–H groups in total. The molecule has 1 aliphatic rings. The summed E-state index contributed by atoms with van der Waals surface area (Å²) >= 11 is 0. The predicted octanol–water partition coefficient (Wildman–Crippen LogP) is -0.398. The van der Waals surface area contributed by atoms with Gasteiger partial charge in [0.05, 0.1) is 25.2 Å². The molecule has 7 nitrogen and oxygen atoms in total. The van der Waals surface area contributed by atoms with E-state index in [4.69, 9.17) is 10.5 Å². The number of amides is 2. The standard InChI is InChI=1S/C14H19N3O4/c15-13(19)5-6-21-11-3-1-9(2-4-11)17-14(20)12-7-10(18)8-16-12/h1-4,10,12,16,18H,5-8H2,(H2,15,19)(H,17,20). The number of rotatable bonds is 6. The molecule has 2 amide bonds. The first-order valence-corrected chi connectivity index (χ1v) is 6.78. The number of primary amides is 1. The maximum absolute atomic E-state index is 11.9. The van der Waals surface area contributed by atoms with Crippen molar-refractivity contribution in [3.8, 4) is 5.75 Å². The van der Waals surface area contributed by atoms with Gasteiger partial charge in [-0.3, -0.25) is 9.59 Å². The van der Waals surface area contributed by atoms with Crippen LogP contribution in [-0.4, -0.2) is 42.2 Å². The smallest absolute Gasteiger partial charge is 0.241 e. The number of hydrogen-bond donors (Lipinski definition) is 4. The molecule has 1 fully saturated rings. The first-order chi connectivity index (χ1) is 10.0. The average Bonchev–Trinajstić information content (AvgIpc) is 2.87. The Morgan fingerprint density at radius 2 is 2.10 bits per heavy atom. The van der Waals surface area contributed by atoms with Gasteiger partial charge in [-0.05, 0) is 30.7 Å². The van der Waals surface area contributed by atoms with Crippen molar-refractivity contribution in [2.24, 2.45) is 5.73 Å². The van der Waals surface area contributed by atoms with Crippen LogP contribution in [0.5, 0.6) is 5.75 Å². The third kappa shape index (κ3) is 4.73. The summed E-state index contributed by atoms with van der Waals surface area (Å²) in [6, 6.07) is 6.46. The normalized spacial score (nSPS) is 21.0. The second kappa shape index (κ2) is 7.05. The summed E-state index contributed by atoms with van der Waals surface area (Å²) in [5.41, 5.74) is 5.66. The number of aliphatic hydroxyl groups is 1. The van der Waals surface area contributed by atoms with Gasteiger partial charge in [0.15, 0.2) is 0 Å². The molecule has 2 atom stereocenters. The molecular weight excluding hydrogens is 274 g/mol. The van der Waals surface area contributed by atoms with Crippen molar-refractivity contribution in [2.75, 3.05) is 18.5 Å². The molecule has 1 aliphatic heterocycles. The van der Waals surface area contributed by atoms with Crippen LogP contribution < -0.4 is 21.1 Å². The van der Waals surface area contributed by atoms with E-state index in [-0.39, 0.29) is 25.0 Å². The van der Waals surface area contributed by atoms with Gasteiger partial charge in [-0.15, -0.1) is 0 Å². The van der Waals surface area contributed by atoms with Crippen LogP contribution in [0, 0.1) is 0 Å². The summed E-state index contributed by atoms with van der Waals surface area (Å²) in [4.78, 5) is 22.5. The summed E-state index contributed by atoms with van der Waals surface area (Å²) in [7, 11) is 0. The maximum Gasteiger partial charge on any atom is 0.241 e. The van der Waals surface area contributed by atoms with E-state index in [1.807, 2.05) is 0 Å². The summed E-state index contributed by atoms with van der Waals surface area (Å²) < 4.78 is 5.33. The van der Waals surface area contributed by atoms with Crippen molar-refractivity contribution in [3.63, 3.8) is 0 Å². The minimum Gasteiger partial charge on any atom is -0.493 e. The Labute approximate surface area is 122 Å². The number of nitrogens with one attached hydrogen (secondary N) is 2. The lowest BCUT2D eigenvalue weighted by Crippen LogP contribution is -2.35. The fourth-order valence-electron chi connectivity index (χ4n) is 2.05. The molecule has 114 valence electrons. The highest BCUT2D eigenvalue weighted by Crippen LogP contribution is 2.17. The molecule has 21 heavy (non-hydrogen) atoms. The molecule has 0 saturated carbocycles. The van der Waals surface area contributed by atoms with Crippen molar-refractivity contribution >= 4 is 17.5 Å². The van der Waals surface area contributed by atoms with Crippen LogP contribution in [-0.2, 0) is 9.59 Å². The first kappa shape index (κ1) is 15.3. The number of β-amino-alcohol motifs (C(OH)–C–C–N with tert-alkyl or cyclic N) is 1. The van der Waals surface area contributed by atoms with Crippen molar-refractivity contribution in [3.05, 3.63) is 24.3 Å². The lowest BCUT2D eigenvalue weighted by molar-refractivity contribution is -0.119. The average molecular weight is 293 g/mol. The molecule has 0 spiro atoms. The highest BCUT2D eigenvalue weighted by molar-refractivity contribution is 5.95. The van der Waals surface area contributed by atoms with Gasteiger partial charge < -0.3 is 26.2 Å². The Balaban J connectivity index is 1.81. The van der Waals surface area contributed by atoms with E-state index in [0.29, 0.717) is 24.4 Å². The molecule has 0 aliphatic carbocycles.